The molecule has 0 amide bonds. The van der Waals surface area contributed by atoms with Gasteiger partial charge in [-0.3, -0.25) is 14.2 Å². The summed E-state index contributed by atoms with van der Waals surface area (Å²) in [5, 5.41) is 0.925. The van der Waals surface area contributed by atoms with Gasteiger partial charge in [0.05, 0.1) is 16.9 Å². The molecule has 0 saturated heterocycles. The van der Waals surface area contributed by atoms with Gasteiger partial charge in [-0.15, -0.1) is 0 Å². The van der Waals surface area contributed by atoms with Gasteiger partial charge in [0.1, 0.15) is 11.4 Å². The van der Waals surface area contributed by atoms with Gasteiger partial charge >= 0.3 is 0 Å². The highest BCUT2D eigenvalue weighted by Crippen LogP contribution is 2.34. The SMILES string of the molecule is O=C1c2c(n(Cc3ccc(F)cc3)c3cc(Cl)ccc3c2=O)-c2cccn21. The average Bonchev–Trinajstić information content (AvgIpc) is 3.23. The summed E-state index contributed by atoms with van der Waals surface area (Å²) in [6, 6.07) is 14.7. The molecule has 1 aliphatic heterocycles. The first kappa shape index (κ1) is 16.0. The number of carbonyl (C=O) groups is 1. The monoisotopic (exact) mass is 378 g/mol. The molecule has 2 aromatic heterocycles. The third-order valence-corrected chi connectivity index (χ3v) is 5.14. The van der Waals surface area contributed by atoms with E-state index in [9.17, 15) is 14.0 Å². The second-order valence-electron chi connectivity index (χ2n) is 6.50. The van der Waals surface area contributed by atoms with Gasteiger partial charge in [-0.1, -0.05) is 23.7 Å². The molecule has 1 aliphatic rings. The minimum absolute atomic E-state index is 0.155. The van der Waals surface area contributed by atoms with Gasteiger partial charge in [0.15, 0.2) is 0 Å². The maximum Gasteiger partial charge on any atom is 0.268 e. The van der Waals surface area contributed by atoms with Crippen molar-refractivity contribution < 1.29 is 9.18 Å². The lowest BCUT2D eigenvalue weighted by Crippen LogP contribution is -2.20. The summed E-state index contributed by atoms with van der Waals surface area (Å²) in [4.78, 5) is 25.8. The minimum atomic E-state index is -0.334. The van der Waals surface area contributed by atoms with Crippen molar-refractivity contribution >= 4 is 28.4 Å². The molecular weight excluding hydrogens is 367 g/mol. The van der Waals surface area contributed by atoms with Crippen molar-refractivity contribution in [3.63, 3.8) is 0 Å². The van der Waals surface area contributed by atoms with Crippen molar-refractivity contribution in [2.45, 2.75) is 6.54 Å². The van der Waals surface area contributed by atoms with Crippen LogP contribution >= 0.6 is 11.6 Å². The van der Waals surface area contributed by atoms with E-state index in [1.165, 1.54) is 16.7 Å². The Morgan fingerprint density at radius 3 is 2.56 bits per heavy atom. The summed E-state index contributed by atoms with van der Waals surface area (Å²) in [5.41, 5.74) is 2.56. The standard InChI is InChI=1S/C21H12ClFN2O2/c22-13-5-8-15-17(10-13)25(11-12-3-6-14(23)7-4-12)19-16-2-1-9-24(16)21(27)18(19)20(15)26/h1-10H,11H2. The molecule has 0 bridgehead atoms. The fourth-order valence-electron chi connectivity index (χ4n) is 3.69. The predicted molar refractivity (Wildman–Crippen MR) is 102 cm³/mol. The minimum Gasteiger partial charge on any atom is -0.334 e. The normalized spacial score (nSPS) is 12.4. The highest BCUT2D eigenvalue weighted by Gasteiger charge is 2.32. The van der Waals surface area contributed by atoms with E-state index >= 15 is 0 Å². The molecule has 0 N–H and O–H groups in total. The van der Waals surface area contributed by atoms with Crippen molar-refractivity contribution in [2.24, 2.45) is 0 Å². The Kier molecular flexibility index (Phi) is 3.36. The average molecular weight is 379 g/mol. The molecule has 6 heteroatoms. The van der Waals surface area contributed by atoms with Crippen molar-refractivity contribution in [1.82, 2.24) is 9.13 Å². The summed E-state index contributed by atoms with van der Waals surface area (Å²) in [6.07, 6.45) is 1.65. The van der Waals surface area contributed by atoms with Crippen LogP contribution in [0.1, 0.15) is 15.9 Å². The van der Waals surface area contributed by atoms with Crippen LogP contribution in [0.4, 0.5) is 4.39 Å². The quantitative estimate of drug-likeness (QED) is 0.459. The smallest absolute Gasteiger partial charge is 0.268 e. The molecular formula is C21H12ClFN2O2. The number of carbonyl (C=O) groups excluding carboxylic acids is 1. The van der Waals surface area contributed by atoms with E-state index in [4.69, 9.17) is 11.6 Å². The largest absolute Gasteiger partial charge is 0.334 e. The second-order valence-corrected chi connectivity index (χ2v) is 6.93. The Morgan fingerprint density at radius 1 is 1.00 bits per heavy atom. The van der Waals surface area contributed by atoms with Crippen molar-refractivity contribution in [1.29, 1.82) is 0 Å². The Labute approximate surface area is 158 Å². The van der Waals surface area contributed by atoms with Crippen LogP contribution in [-0.4, -0.2) is 15.0 Å². The summed E-state index contributed by atoms with van der Waals surface area (Å²) >= 11 is 6.19. The van der Waals surface area contributed by atoms with Crippen molar-refractivity contribution in [3.8, 4) is 11.4 Å². The molecule has 0 saturated carbocycles. The first-order chi connectivity index (χ1) is 13.0. The van der Waals surface area contributed by atoms with Crippen LogP contribution in [0.3, 0.4) is 0 Å². The molecule has 0 radical (unpaired) electrons. The number of benzene rings is 2. The number of fused-ring (bicyclic) bond motifs is 4. The van der Waals surface area contributed by atoms with Crippen LogP contribution in [-0.2, 0) is 6.54 Å². The van der Waals surface area contributed by atoms with Gasteiger partial charge < -0.3 is 4.57 Å². The van der Waals surface area contributed by atoms with E-state index in [0.29, 0.717) is 33.9 Å². The maximum atomic E-state index is 13.3. The van der Waals surface area contributed by atoms with Gasteiger partial charge in [-0.25, -0.2) is 4.39 Å². The Morgan fingerprint density at radius 2 is 1.78 bits per heavy atom. The van der Waals surface area contributed by atoms with Gasteiger partial charge in [0.2, 0.25) is 5.43 Å². The summed E-state index contributed by atoms with van der Waals surface area (Å²) in [6.45, 7) is 0.373. The zero-order valence-corrected chi connectivity index (χ0v) is 14.7. The number of nitrogens with zero attached hydrogens (tertiary/aromatic N) is 2. The zero-order valence-electron chi connectivity index (χ0n) is 13.9. The van der Waals surface area contributed by atoms with Crippen molar-refractivity contribution in [3.05, 3.63) is 93.0 Å². The summed E-state index contributed by atoms with van der Waals surface area (Å²) in [7, 11) is 0. The van der Waals surface area contributed by atoms with E-state index in [1.54, 1.807) is 48.7 Å². The number of halogens is 2. The summed E-state index contributed by atoms with van der Waals surface area (Å²) < 4.78 is 16.7. The number of pyridine rings is 1. The number of hydrogen-bond donors (Lipinski definition) is 0. The van der Waals surface area contributed by atoms with E-state index in [2.05, 4.69) is 0 Å². The third-order valence-electron chi connectivity index (χ3n) is 4.91. The lowest BCUT2D eigenvalue weighted by Gasteiger charge is -2.16. The first-order valence-corrected chi connectivity index (χ1v) is 8.75. The molecule has 0 aliphatic carbocycles. The first-order valence-electron chi connectivity index (χ1n) is 8.37. The second kappa shape index (κ2) is 5.66. The van der Waals surface area contributed by atoms with Crippen LogP contribution in [0, 0.1) is 5.82 Å². The Balaban J connectivity index is 1.88. The molecule has 0 unspecified atom stereocenters. The van der Waals surface area contributed by atoms with Crippen molar-refractivity contribution in [2.75, 3.05) is 0 Å². The van der Waals surface area contributed by atoms with E-state index in [1.807, 2.05) is 4.57 Å². The molecule has 3 heterocycles. The van der Waals surface area contributed by atoms with Crippen LogP contribution in [0.2, 0.25) is 5.02 Å². The van der Waals surface area contributed by atoms with Gasteiger partial charge in [0, 0.05) is 23.2 Å². The lowest BCUT2D eigenvalue weighted by molar-refractivity contribution is 0.0968. The highest BCUT2D eigenvalue weighted by atomic mass is 35.5. The van der Waals surface area contributed by atoms with E-state index in [0.717, 1.165) is 5.56 Å². The molecule has 2 aromatic carbocycles. The van der Waals surface area contributed by atoms with Crippen LogP contribution in [0.15, 0.2) is 65.6 Å². The fraction of sp³-hybridized carbons (Fsp3) is 0.0476. The number of hydrogen-bond acceptors (Lipinski definition) is 2. The maximum absolute atomic E-state index is 13.3. The highest BCUT2D eigenvalue weighted by molar-refractivity contribution is 6.31. The molecule has 4 aromatic rings. The van der Waals surface area contributed by atoms with Crippen LogP contribution < -0.4 is 5.43 Å². The molecule has 0 spiro atoms. The number of aromatic nitrogens is 2. The topological polar surface area (TPSA) is 44.0 Å². The third kappa shape index (κ3) is 2.28. The van der Waals surface area contributed by atoms with E-state index in [-0.39, 0.29) is 22.7 Å². The Hall–Kier alpha value is -3.18. The van der Waals surface area contributed by atoms with Gasteiger partial charge in [-0.2, -0.15) is 0 Å². The van der Waals surface area contributed by atoms with Crippen LogP contribution in [0.25, 0.3) is 22.3 Å². The predicted octanol–water partition coefficient (Wildman–Crippen LogP) is 4.31. The van der Waals surface area contributed by atoms with Gasteiger partial charge in [0.25, 0.3) is 5.91 Å². The molecule has 4 nitrogen and oxygen atoms in total. The lowest BCUT2D eigenvalue weighted by atomic mass is 10.1. The zero-order chi connectivity index (χ0) is 18.7. The molecule has 0 fully saturated rings. The fourth-order valence-corrected chi connectivity index (χ4v) is 3.86. The van der Waals surface area contributed by atoms with E-state index < -0.39 is 0 Å². The van der Waals surface area contributed by atoms with Crippen LogP contribution in [0.5, 0.6) is 0 Å². The molecule has 0 atom stereocenters. The molecule has 132 valence electrons. The molecule has 27 heavy (non-hydrogen) atoms. The summed E-state index contributed by atoms with van der Waals surface area (Å²) in [5.74, 6) is -0.652. The van der Waals surface area contributed by atoms with Gasteiger partial charge in [-0.05, 0) is 48.0 Å². The number of rotatable bonds is 2. The Bertz CT molecular complexity index is 1300. The molecule has 5 rings (SSSR count).